The topological polar surface area (TPSA) is 118 Å². The first kappa shape index (κ1) is 16.2. The summed E-state index contributed by atoms with van der Waals surface area (Å²) in [5, 5.41) is 11.2. The van der Waals surface area contributed by atoms with E-state index >= 15 is 0 Å². The number of anilines is 1. The van der Waals surface area contributed by atoms with E-state index in [1.165, 1.54) is 6.07 Å². The quantitative estimate of drug-likeness (QED) is 0.800. The van der Waals surface area contributed by atoms with Gasteiger partial charge in [-0.15, -0.1) is 0 Å². The van der Waals surface area contributed by atoms with Crippen molar-refractivity contribution in [3.05, 3.63) is 41.7 Å². The highest BCUT2D eigenvalue weighted by Gasteiger charge is 2.31. The van der Waals surface area contributed by atoms with E-state index in [1.807, 2.05) is 0 Å². The van der Waals surface area contributed by atoms with Crippen molar-refractivity contribution in [1.82, 2.24) is 9.97 Å². The first-order valence-corrected chi connectivity index (χ1v) is 6.03. The van der Waals surface area contributed by atoms with Crippen molar-refractivity contribution in [2.24, 2.45) is 5.73 Å². The zero-order valence-corrected chi connectivity index (χ0v) is 11.3. The van der Waals surface area contributed by atoms with Gasteiger partial charge in [0.25, 0.3) is 0 Å². The number of carbonyl (C=O) groups excluding carboxylic acids is 1. The number of rotatable bonds is 3. The van der Waals surface area contributed by atoms with E-state index < -0.39 is 29.4 Å². The highest BCUT2D eigenvalue weighted by Crippen LogP contribution is 2.32. The van der Waals surface area contributed by atoms with Crippen LogP contribution in [0.3, 0.4) is 0 Å². The molecule has 2 rings (SSSR count). The average Bonchev–Trinajstić information content (AvgIpc) is 2.45. The molecule has 7 nitrogen and oxygen atoms in total. The minimum absolute atomic E-state index is 0.113. The van der Waals surface area contributed by atoms with Crippen molar-refractivity contribution < 1.29 is 27.9 Å². The van der Waals surface area contributed by atoms with Crippen LogP contribution in [-0.4, -0.2) is 27.1 Å². The Hall–Kier alpha value is -3.17. The van der Waals surface area contributed by atoms with Crippen LogP contribution in [0.15, 0.2) is 30.5 Å². The molecule has 0 spiro atoms. The molecule has 0 radical (unpaired) electrons. The van der Waals surface area contributed by atoms with Gasteiger partial charge in [0.15, 0.2) is 11.5 Å². The van der Waals surface area contributed by atoms with Gasteiger partial charge in [0.05, 0.1) is 11.8 Å². The first-order valence-electron chi connectivity index (χ1n) is 6.03. The van der Waals surface area contributed by atoms with E-state index in [0.29, 0.717) is 0 Å². The molecule has 120 valence electrons. The Balaban J connectivity index is 2.60. The second-order valence-corrected chi connectivity index (χ2v) is 4.33. The Morgan fingerprint density at radius 3 is 2.52 bits per heavy atom. The number of carboxylic acid groups (broad SMARTS) is 1. The number of benzene rings is 1. The Bertz CT molecular complexity index is 777. The SMILES string of the molecule is NC(=O)Nc1cnc(C(=O)O)c(-c2cccc(C(F)(F)F)c2)n1. The van der Waals surface area contributed by atoms with Crippen LogP contribution in [0, 0.1) is 0 Å². The van der Waals surface area contributed by atoms with Crippen LogP contribution in [0.5, 0.6) is 0 Å². The first-order chi connectivity index (χ1) is 10.7. The van der Waals surface area contributed by atoms with Crippen LogP contribution in [0.2, 0.25) is 0 Å². The van der Waals surface area contributed by atoms with E-state index in [9.17, 15) is 22.8 Å². The number of nitrogens with one attached hydrogen (secondary N) is 1. The third kappa shape index (κ3) is 3.73. The highest BCUT2D eigenvalue weighted by molar-refractivity contribution is 5.94. The van der Waals surface area contributed by atoms with E-state index in [2.05, 4.69) is 15.3 Å². The number of urea groups is 1. The van der Waals surface area contributed by atoms with Crippen LogP contribution < -0.4 is 11.1 Å². The Kier molecular flexibility index (Phi) is 4.16. The molecule has 0 aliphatic rings. The molecule has 1 heterocycles. The van der Waals surface area contributed by atoms with Crippen molar-refractivity contribution in [3.8, 4) is 11.3 Å². The van der Waals surface area contributed by atoms with Crippen LogP contribution >= 0.6 is 0 Å². The van der Waals surface area contributed by atoms with Gasteiger partial charge in [0.1, 0.15) is 5.69 Å². The van der Waals surface area contributed by atoms with Crippen molar-refractivity contribution in [2.45, 2.75) is 6.18 Å². The summed E-state index contributed by atoms with van der Waals surface area (Å²) in [5.74, 6) is -1.66. The number of nitrogens with two attached hydrogens (primary N) is 1. The molecule has 0 saturated heterocycles. The number of nitrogens with zero attached hydrogens (tertiary/aromatic N) is 2. The minimum atomic E-state index is -4.60. The molecule has 2 aromatic rings. The Morgan fingerprint density at radius 1 is 1.26 bits per heavy atom. The average molecular weight is 326 g/mol. The molecule has 1 aromatic heterocycles. The maximum Gasteiger partial charge on any atom is 0.416 e. The fraction of sp³-hybridized carbons (Fsp3) is 0.0769. The molecule has 0 atom stereocenters. The number of primary amides is 1. The molecular formula is C13H9F3N4O3. The largest absolute Gasteiger partial charge is 0.476 e. The maximum atomic E-state index is 12.8. The van der Waals surface area contributed by atoms with Crippen LogP contribution in [-0.2, 0) is 6.18 Å². The van der Waals surface area contributed by atoms with Crippen molar-refractivity contribution in [1.29, 1.82) is 0 Å². The third-order valence-electron chi connectivity index (χ3n) is 2.69. The molecule has 4 N–H and O–H groups in total. The molecule has 0 bridgehead atoms. The number of amides is 2. The van der Waals surface area contributed by atoms with Gasteiger partial charge in [0.2, 0.25) is 0 Å². The summed E-state index contributed by atoms with van der Waals surface area (Å²) in [6, 6.07) is 2.96. The molecule has 0 saturated carbocycles. The highest BCUT2D eigenvalue weighted by atomic mass is 19.4. The number of aromatic nitrogens is 2. The maximum absolute atomic E-state index is 12.8. The van der Waals surface area contributed by atoms with Gasteiger partial charge in [-0.1, -0.05) is 12.1 Å². The normalized spacial score (nSPS) is 11.1. The van der Waals surface area contributed by atoms with E-state index in [0.717, 1.165) is 24.4 Å². The lowest BCUT2D eigenvalue weighted by atomic mass is 10.1. The summed E-state index contributed by atoms with van der Waals surface area (Å²) in [4.78, 5) is 29.4. The van der Waals surface area contributed by atoms with E-state index in [1.54, 1.807) is 0 Å². The summed E-state index contributed by atoms with van der Waals surface area (Å²) in [6.45, 7) is 0. The van der Waals surface area contributed by atoms with Crippen molar-refractivity contribution in [2.75, 3.05) is 5.32 Å². The molecule has 2 amide bonds. The number of hydrogen-bond acceptors (Lipinski definition) is 4. The number of carboxylic acids is 1. The Morgan fingerprint density at radius 2 is 1.96 bits per heavy atom. The molecular weight excluding hydrogens is 317 g/mol. The molecule has 23 heavy (non-hydrogen) atoms. The van der Waals surface area contributed by atoms with Gasteiger partial charge >= 0.3 is 18.2 Å². The molecule has 10 heteroatoms. The second kappa shape index (κ2) is 5.91. The van der Waals surface area contributed by atoms with Gasteiger partial charge in [-0.05, 0) is 12.1 Å². The fourth-order valence-electron chi connectivity index (χ4n) is 1.78. The fourth-order valence-corrected chi connectivity index (χ4v) is 1.78. The predicted molar refractivity (Wildman–Crippen MR) is 72.6 cm³/mol. The smallest absolute Gasteiger partial charge is 0.416 e. The number of aromatic carboxylic acids is 1. The van der Waals surface area contributed by atoms with Crippen molar-refractivity contribution >= 4 is 17.8 Å². The standard InChI is InChI=1S/C13H9F3N4O3/c14-13(15,16)7-3-1-2-6(4-7)9-10(11(21)22)18-5-8(19-9)20-12(17)23/h1-5H,(H,21,22)(H3,17,19,20,23). The van der Waals surface area contributed by atoms with E-state index in [4.69, 9.17) is 10.8 Å². The summed E-state index contributed by atoms with van der Waals surface area (Å²) < 4.78 is 38.3. The molecule has 1 aromatic carbocycles. The molecule has 0 fully saturated rings. The van der Waals surface area contributed by atoms with Crippen molar-refractivity contribution in [3.63, 3.8) is 0 Å². The van der Waals surface area contributed by atoms with E-state index in [-0.39, 0.29) is 17.1 Å². The second-order valence-electron chi connectivity index (χ2n) is 4.33. The number of carbonyl (C=O) groups is 2. The summed E-state index contributed by atoms with van der Waals surface area (Å²) in [7, 11) is 0. The molecule has 0 aliphatic heterocycles. The van der Waals surface area contributed by atoms with Crippen LogP contribution in [0.25, 0.3) is 11.3 Å². The zero-order chi connectivity index (χ0) is 17.2. The van der Waals surface area contributed by atoms with Gasteiger partial charge in [0, 0.05) is 5.56 Å². The van der Waals surface area contributed by atoms with Gasteiger partial charge < -0.3 is 10.8 Å². The third-order valence-corrected chi connectivity index (χ3v) is 2.69. The van der Waals surface area contributed by atoms with Gasteiger partial charge in [-0.3, -0.25) is 5.32 Å². The van der Waals surface area contributed by atoms with Crippen LogP contribution in [0.1, 0.15) is 16.1 Å². The summed E-state index contributed by atoms with van der Waals surface area (Å²) in [5.41, 5.74) is 2.94. The molecule has 0 aliphatic carbocycles. The van der Waals surface area contributed by atoms with Crippen LogP contribution in [0.4, 0.5) is 23.8 Å². The monoisotopic (exact) mass is 326 g/mol. The molecule has 0 unspecified atom stereocenters. The lowest BCUT2D eigenvalue weighted by Gasteiger charge is -2.10. The van der Waals surface area contributed by atoms with Gasteiger partial charge in [-0.25, -0.2) is 19.6 Å². The zero-order valence-electron chi connectivity index (χ0n) is 11.3. The van der Waals surface area contributed by atoms with Gasteiger partial charge in [-0.2, -0.15) is 13.2 Å². The number of halogens is 3. The number of alkyl halides is 3. The number of hydrogen-bond donors (Lipinski definition) is 3. The summed E-state index contributed by atoms with van der Waals surface area (Å²) >= 11 is 0. The lowest BCUT2D eigenvalue weighted by molar-refractivity contribution is -0.137. The Labute approximate surface area is 127 Å². The summed E-state index contributed by atoms with van der Waals surface area (Å²) in [6.07, 6.45) is -3.67. The minimum Gasteiger partial charge on any atom is -0.476 e. The lowest BCUT2D eigenvalue weighted by Crippen LogP contribution is -2.21. The predicted octanol–water partition coefficient (Wildman–Crippen LogP) is 2.35.